The zero-order valence-electron chi connectivity index (χ0n) is 11.0. The first kappa shape index (κ1) is 13.5. The summed E-state index contributed by atoms with van der Waals surface area (Å²) in [5, 5.41) is 2.01. The maximum Gasteiger partial charge on any atom is 0.416 e. The molecule has 0 fully saturated rings. The number of benzene rings is 3. The minimum atomic E-state index is -4.31. The third kappa shape index (κ3) is 2.70. The summed E-state index contributed by atoms with van der Waals surface area (Å²) in [7, 11) is 0. The van der Waals surface area contributed by atoms with Gasteiger partial charge in [0.05, 0.1) is 5.56 Å². The number of anilines is 1. The lowest BCUT2D eigenvalue weighted by molar-refractivity contribution is -0.137. The molecule has 0 radical (unpaired) electrons. The van der Waals surface area contributed by atoms with E-state index in [9.17, 15) is 13.2 Å². The SMILES string of the molecule is Nc1ccc2cc(-c3ccc(C(F)(F)F)cc3)ccc2c1. The van der Waals surface area contributed by atoms with Gasteiger partial charge in [-0.05, 0) is 52.2 Å². The predicted octanol–water partition coefficient (Wildman–Crippen LogP) is 5.11. The number of alkyl halides is 3. The number of hydrogen-bond donors (Lipinski definition) is 1. The van der Waals surface area contributed by atoms with Crippen LogP contribution in [0.4, 0.5) is 18.9 Å². The van der Waals surface area contributed by atoms with Gasteiger partial charge in [-0.1, -0.05) is 30.3 Å². The molecular weight excluding hydrogens is 275 g/mol. The van der Waals surface area contributed by atoms with E-state index in [1.54, 1.807) is 6.07 Å². The minimum absolute atomic E-state index is 0.639. The second-order valence-corrected chi connectivity index (χ2v) is 4.90. The summed E-state index contributed by atoms with van der Waals surface area (Å²) in [6.45, 7) is 0. The van der Waals surface area contributed by atoms with E-state index in [4.69, 9.17) is 5.73 Å². The number of fused-ring (bicyclic) bond motifs is 1. The molecule has 3 aromatic rings. The van der Waals surface area contributed by atoms with Crippen molar-refractivity contribution in [1.29, 1.82) is 0 Å². The van der Waals surface area contributed by atoms with Gasteiger partial charge in [-0.2, -0.15) is 13.2 Å². The van der Waals surface area contributed by atoms with Gasteiger partial charge in [-0.15, -0.1) is 0 Å². The summed E-state index contributed by atoms with van der Waals surface area (Å²) in [5.74, 6) is 0. The summed E-state index contributed by atoms with van der Waals surface area (Å²) in [4.78, 5) is 0. The fourth-order valence-electron chi connectivity index (χ4n) is 2.30. The van der Waals surface area contributed by atoms with E-state index in [0.717, 1.165) is 34.0 Å². The molecule has 106 valence electrons. The molecule has 0 aliphatic rings. The number of nitrogen functional groups attached to an aromatic ring is 1. The highest BCUT2D eigenvalue weighted by atomic mass is 19.4. The van der Waals surface area contributed by atoms with Gasteiger partial charge in [0.15, 0.2) is 0 Å². The Bertz CT molecular complexity index is 789. The van der Waals surface area contributed by atoms with Crippen LogP contribution in [0.1, 0.15) is 5.56 Å². The Morgan fingerprint density at radius 2 is 1.24 bits per heavy atom. The van der Waals surface area contributed by atoms with Crippen LogP contribution in [0.2, 0.25) is 0 Å². The van der Waals surface area contributed by atoms with Gasteiger partial charge >= 0.3 is 6.18 Å². The Labute approximate surface area is 119 Å². The van der Waals surface area contributed by atoms with Crippen LogP contribution in [0.5, 0.6) is 0 Å². The Balaban J connectivity index is 2.02. The Morgan fingerprint density at radius 1 is 0.667 bits per heavy atom. The van der Waals surface area contributed by atoms with Crippen molar-refractivity contribution in [3.63, 3.8) is 0 Å². The molecule has 0 atom stereocenters. The Kier molecular flexibility index (Phi) is 3.09. The average molecular weight is 287 g/mol. The van der Waals surface area contributed by atoms with Gasteiger partial charge < -0.3 is 5.73 Å². The molecule has 0 saturated carbocycles. The lowest BCUT2D eigenvalue weighted by Gasteiger charge is -2.08. The fourth-order valence-corrected chi connectivity index (χ4v) is 2.30. The highest BCUT2D eigenvalue weighted by molar-refractivity contribution is 5.89. The van der Waals surface area contributed by atoms with Gasteiger partial charge in [0.2, 0.25) is 0 Å². The van der Waals surface area contributed by atoms with Crippen molar-refractivity contribution in [3.05, 3.63) is 66.2 Å². The van der Waals surface area contributed by atoms with Crippen LogP contribution in [0.3, 0.4) is 0 Å². The zero-order chi connectivity index (χ0) is 15.0. The normalized spacial score (nSPS) is 11.8. The van der Waals surface area contributed by atoms with Crippen LogP contribution in [-0.2, 0) is 6.18 Å². The molecule has 0 saturated heterocycles. The summed E-state index contributed by atoms with van der Waals surface area (Å²) in [5.41, 5.74) is 7.40. The monoisotopic (exact) mass is 287 g/mol. The van der Waals surface area contributed by atoms with Crippen LogP contribution in [-0.4, -0.2) is 0 Å². The molecule has 2 N–H and O–H groups in total. The second-order valence-electron chi connectivity index (χ2n) is 4.90. The lowest BCUT2D eigenvalue weighted by atomic mass is 10.00. The van der Waals surface area contributed by atoms with E-state index in [0.29, 0.717) is 5.69 Å². The topological polar surface area (TPSA) is 26.0 Å². The number of nitrogens with two attached hydrogens (primary N) is 1. The molecule has 0 heterocycles. The van der Waals surface area contributed by atoms with Gasteiger partial charge in [0.25, 0.3) is 0 Å². The van der Waals surface area contributed by atoms with Crippen molar-refractivity contribution in [2.45, 2.75) is 6.18 Å². The van der Waals surface area contributed by atoms with Crippen LogP contribution in [0.15, 0.2) is 60.7 Å². The zero-order valence-corrected chi connectivity index (χ0v) is 11.0. The standard InChI is InChI=1S/C17H12F3N/c18-17(19,20)15-6-3-11(4-7-15)12-1-2-14-10-16(21)8-5-13(14)9-12/h1-10H,21H2. The first-order valence-electron chi connectivity index (χ1n) is 6.40. The fraction of sp³-hybridized carbons (Fsp3) is 0.0588. The van der Waals surface area contributed by atoms with Crippen molar-refractivity contribution >= 4 is 16.5 Å². The third-order valence-corrected chi connectivity index (χ3v) is 3.41. The van der Waals surface area contributed by atoms with Crippen molar-refractivity contribution < 1.29 is 13.2 Å². The number of rotatable bonds is 1. The van der Waals surface area contributed by atoms with E-state index >= 15 is 0 Å². The van der Waals surface area contributed by atoms with E-state index in [2.05, 4.69) is 0 Å². The molecule has 4 heteroatoms. The van der Waals surface area contributed by atoms with Gasteiger partial charge in [0.1, 0.15) is 0 Å². The summed E-state index contributed by atoms with van der Waals surface area (Å²) >= 11 is 0. The molecular formula is C17H12F3N. The van der Waals surface area contributed by atoms with Crippen molar-refractivity contribution in [1.82, 2.24) is 0 Å². The van der Waals surface area contributed by atoms with Crippen LogP contribution >= 0.6 is 0 Å². The van der Waals surface area contributed by atoms with Crippen molar-refractivity contribution in [3.8, 4) is 11.1 Å². The largest absolute Gasteiger partial charge is 0.416 e. The molecule has 3 aromatic carbocycles. The molecule has 0 aromatic heterocycles. The molecule has 0 aliphatic heterocycles. The van der Waals surface area contributed by atoms with Gasteiger partial charge in [-0.3, -0.25) is 0 Å². The van der Waals surface area contributed by atoms with Gasteiger partial charge in [-0.25, -0.2) is 0 Å². The molecule has 0 spiro atoms. The molecule has 0 amide bonds. The molecule has 21 heavy (non-hydrogen) atoms. The van der Waals surface area contributed by atoms with Crippen LogP contribution in [0, 0.1) is 0 Å². The van der Waals surface area contributed by atoms with Gasteiger partial charge in [0, 0.05) is 5.69 Å². The number of halogens is 3. The molecule has 0 bridgehead atoms. The highest BCUT2D eigenvalue weighted by Crippen LogP contribution is 2.31. The van der Waals surface area contributed by atoms with E-state index in [1.165, 1.54) is 12.1 Å². The van der Waals surface area contributed by atoms with Crippen LogP contribution < -0.4 is 5.73 Å². The molecule has 0 aliphatic carbocycles. The van der Waals surface area contributed by atoms with Crippen molar-refractivity contribution in [2.24, 2.45) is 0 Å². The summed E-state index contributed by atoms with van der Waals surface area (Å²) in [6.07, 6.45) is -4.31. The Hall–Kier alpha value is -2.49. The van der Waals surface area contributed by atoms with E-state index in [-0.39, 0.29) is 0 Å². The first-order chi connectivity index (χ1) is 9.93. The van der Waals surface area contributed by atoms with E-state index in [1.807, 2.05) is 30.3 Å². The maximum absolute atomic E-state index is 12.6. The maximum atomic E-state index is 12.6. The predicted molar refractivity (Wildman–Crippen MR) is 78.8 cm³/mol. The molecule has 1 nitrogen and oxygen atoms in total. The highest BCUT2D eigenvalue weighted by Gasteiger charge is 2.29. The first-order valence-corrected chi connectivity index (χ1v) is 6.40. The summed E-state index contributed by atoms with van der Waals surface area (Å²) < 4.78 is 37.7. The smallest absolute Gasteiger partial charge is 0.399 e. The molecule has 3 rings (SSSR count). The van der Waals surface area contributed by atoms with E-state index < -0.39 is 11.7 Å². The quantitative estimate of drug-likeness (QED) is 0.618. The Morgan fingerprint density at radius 3 is 1.90 bits per heavy atom. The third-order valence-electron chi connectivity index (χ3n) is 3.41. The number of hydrogen-bond acceptors (Lipinski definition) is 1. The summed E-state index contributed by atoms with van der Waals surface area (Å²) in [6, 6.07) is 16.5. The molecule has 0 unspecified atom stereocenters. The van der Waals surface area contributed by atoms with Crippen LogP contribution in [0.25, 0.3) is 21.9 Å². The second kappa shape index (κ2) is 4.81. The minimum Gasteiger partial charge on any atom is -0.399 e. The lowest BCUT2D eigenvalue weighted by Crippen LogP contribution is -2.03. The van der Waals surface area contributed by atoms with Crippen molar-refractivity contribution in [2.75, 3.05) is 5.73 Å². The average Bonchev–Trinajstić information content (AvgIpc) is 2.46.